The van der Waals surface area contributed by atoms with E-state index in [1.807, 2.05) is 22.8 Å². The number of hydrogen-bond acceptors (Lipinski definition) is 5. The second-order valence-electron chi connectivity index (χ2n) is 6.98. The average molecular weight is 362 g/mol. The number of hydrogen-bond donors (Lipinski definition) is 2. The van der Waals surface area contributed by atoms with Gasteiger partial charge in [-0.15, -0.1) is 0 Å². The number of nitrogens with zero attached hydrogens (tertiary/aromatic N) is 3. The molecule has 3 atom stereocenters. The number of nitrogens with two attached hydrogens (primary N) is 1. The average Bonchev–Trinajstić information content (AvgIpc) is 3.07. The van der Waals surface area contributed by atoms with E-state index >= 15 is 0 Å². The number of benzene rings is 1. The van der Waals surface area contributed by atoms with Gasteiger partial charge in [0.2, 0.25) is 5.76 Å². The van der Waals surface area contributed by atoms with Crippen molar-refractivity contribution in [1.82, 2.24) is 14.7 Å². The molecule has 138 valence electrons. The lowest BCUT2D eigenvalue weighted by atomic mass is 10.1. The maximum Gasteiger partial charge on any atom is 0.210 e. The standard InChI is InChI=1S/C21H22N4O2/c1-14(26)21-23-8-9-25(21)13-18-11-19(27-24-18)7-4-15-2-5-16(6-3-15)20-10-17(20)12-22/h2-3,5-6,8-9,11,14,17,20,26H,10,12-13,22H2,1H3/t14-,17?,20?/m0/s1. The number of aliphatic hydroxyl groups is 1. The molecule has 0 spiro atoms. The van der Waals surface area contributed by atoms with Gasteiger partial charge in [-0.3, -0.25) is 0 Å². The van der Waals surface area contributed by atoms with Crippen LogP contribution in [0.4, 0.5) is 0 Å². The molecule has 2 unspecified atom stereocenters. The molecule has 0 saturated heterocycles. The van der Waals surface area contributed by atoms with Crippen molar-refractivity contribution in [1.29, 1.82) is 0 Å². The first-order valence-corrected chi connectivity index (χ1v) is 9.10. The summed E-state index contributed by atoms with van der Waals surface area (Å²) in [6, 6.07) is 10.1. The molecule has 27 heavy (non-hydrogen) atoms. The van der Waals surface area contributed by atoms with Crippen LogP contribution in [-0.4, -0.2) is 26.4 Å². The van der Waals surface area contributed by atoms with Gasteiger partial charge in [0, 0.05) is 24.0 Å². The molecule has 6 heteroatoms. The van der Waals surface area contributed by atoms with E-state index in [0.29, 0.717) is 30.0 Å². The van der Waals surface area contributed by atoms with Crippen LogP contribution in [0, 0.1) is 17.8 Å². The van der Waals surface area contributed by atoms with E-state index in [-0.39, 0.29) is 0 Å². The molecular formula is C21H22N4O2. The highest BCUT2D eigenvalue weighted by atomic mass is 16.5. The topological polar surface area (TPSA) is 90.1 Å². The zero-order chi connectivity index (χ0) is 18.8. The minimum absolute atomic E-state index is 0.476. The molecule has 6 nitrogen and oxygen atoms in total. The highest BCUT2D eigenvalue weighted by Gasteiger charge is 2.36. The third-order valence-corrected chi connectivity index (χ3v) is 4.91. The minimum Gasteiger partial charge on any atom is -0.385 e. The van der Waals surface area contributed by atoms with Crippen LogP contribution >= 0.6 is 0 Å². The van der Waals surface area contributed by atoms with E-state index in [1.165, 1.54) is 12.0 Å². The van der Waals surface area contributed by atoms with Gasteiger partial charge in [0.25, 0.3) is 0 Å². The van der Waals surface area contributed by atoms with E-state index in [9.17, 15) is 5.11 Å². The molecule has 2 aromatic heterocycles. The molecule has 1 aromatic carbocycles. The van der Waals surface area contributed by atoms with Crippen molar-refractivity contribution in [2.24, 2.45) is 11.7 Å². The molecule has 0 amide bonds. The van der Waals surface area contributed by atoms with Crippen LogP contribution in [0.25, 0.3) is 0 Å². The third kappa shape index (κ3) is 3.95. The SMILES string of the molecule is C[C@H](O)c1nccn1Cc1cc(C#Cc2ccc(C3CC3CN)cc2)on1. The summed E-state index contributed by atoms with van der Waals surface area (Å²) in [6.07, 6.45) is 4.02. The Morgan fingerprint density at radius 3 is 2.85 bits per heavy atom. The smallest absolute Gasteiger partial charge is 0.210 e. The zero-order valence-electron chi connectivity index (χ0n) is 15.2. The van der Waals surface area contributed by atoms with Crippen LogP contribution < -0.4 is 5.73 Å². The predicted octanol–water partition coefficient (Wildman–Crippen LogP) is 2.43. The van der Waals surface area contributed by atoms with Crippen molar-refractivity contribution in [2.75, 3.05) is 6.54 Å². The van der Waals surface area contributed by atoms with Crippen LogP contribution in [0.15, 0.2) is 47.2 Å². The lowest BCUT2D eigenvalue weighted by Gasteiger charge is -2.07. The summed E-state index contributed by atoms with van der Waals surface area (Å²) in [7, 11) is 0. The largest absolute Gasteiger partial charge is 0.385 e. The van der Waals surface area contributed by atoms with Crippen molar-refractivity contribution in [3.05, 3.63) is 71.1 Å². The molecule has 3 N–H and O–H groups in total. The number of rotatable bonds is 5. The Balaban J connectivity index is 1.42. The lowest BCUT2D eigenvalue weighted by Crippen LogP contribution is -2.07. The number of aromatic nitrogens is 3. The maximum absolute atomic E-state index is 9.72. The first-order chi connectivity index (χ1) is 13.1. The van der Waals surface area contributed by atoms with Crippen molar-refractivity contribution >= 4 is 0 Å². The zero-order valence-corrected chi connectivity index (χ0v) is 15.2. The first-order valence-electron chi connectivity index (χ1n) is 9.10. The summed E-state index contributed by atoms with van der Waals surface area (Å²) in [5, 5.41) is 13.8. The highest BCUT2D eigenvalue weighted by Crippen LogP contribution is 2.46. The van der Waals surface area contributed by atoms with Crippen molar-refractivity contribution < 1.29 is 9.63 Å². The third-order valence-electron chi connectivity index (χ3n) is 4.91. The maximum atomic E-state index is 9.72. The molecule has 0 radical (unpaired) electrons. The van der Waals surface area contributed by atoms with Gasteiger partial charge < -0.3 is 19.9 Å². The number of imidazole rings is 1. The van der Waals surface area contributed by atoms with Crippen LogP contribution in [0.5, 0.6) is 0 Å². The van der Waals surface area contributed by atoms with E-state index < -0.39 is 6.10 Å². The summed E-state index contributed by atoms with van der Waals surface area (Å²) < 4.78 is 7.14. The van der Waals surface area contributed by atoms with Crippen molar-refractivity contribution in [2.45, 2.75) is 31.9 Å². The van der Waals surface area contributed by atoms with Crippen LogP contribution in [0.3, 0.4) is 0 Å². The molecule has 1 saturated carbocycles. The minimum atomic E-state index is -0.634. The van der Waals surface area contributed by atoms with Crippen molar-refractivity contribution in [3.8, 4) is 11.8 Å². The molecule has 0 bridgehead atoms. The van der Waals surface area contributed by atoms with Gasteiger partial charge in [-0.25, -0.2) is 4.98 Å². The van der Waals surface area contributed by atoms with E-state index in [4.69, 9.17) is 10.3 Å². The van der Waals surface area contributed by atoms with Gasteiger partial charge in [0.05, 0.1) is 6.54 Å². The Morgan fingerprint density at radius 2 is 2.15 bits per heavy atom. The van der Waals surface area contributed by atoms with E-state index in [1.54, 1.807) is 19.3 Å². The quantitative estimate of drug-likeness (QED) is 0.681. The lowest BCUT2D eigenvalue weighted by molar-refractivity contribution is 0.184. The van der Waals surface area contributed by atoms with Crippen LogP contribution in [0.1, 0.15) is 53.8 Å². The molecule has 0 aliphatic heterocycles. The molecular weight excluding hydrogens is 340 g/mol. The Hall–Kier alpha value is -2.88. The van der Waals surface area contributed by atoms with Gasteiger partial charge in [0.1, 0.15) is 17.6 Å². The Bertz CT molecular complexity index is 976. The highest BCUT2D eigenvalue weighted by molar-refractivity contribution is 5.41. The molecule has 1 aliphatic carbocycles. The molecule has 2 heterocycles. The monoisotopic (exact) mass is 362 g/mol. The summed E-state index contributed by atoms with van der Waals surface area (Å²) >= 11 is 0. The Labute approximate surface area is 158 Å². The molecule has 4 rings (SSSR count). The van der Waals surface area contributed by atoms with Gasteiger partial charge >= 0.3 is 0 Å². The van der Waals surface area contributed by atoms with Gasteiger partial charge in [-0.2, -0.15) is 0 Å². The second-order valence-corrected chi connectivity index (χ2v) is 6.98. The number of aliphatic hydroxyl groups excluding tert-OH is 1. The van der Waals surface area contributed by atoms with E-state index in [0.717, 1.165) is 17.8 Å². The normalized spacial score (nSPS) is 19.4. The Morgan fingerprint density at radius 1 is 1.33 bits per heavy atom. The fourth-order valence-corrected chi connectivity index (χ4v) is 3.31. The fraction of sp³-hybridized carbons (Fsp3) is 0.333. The van der Waals surface area contributed by atoms with Gasteiger partial charge in [-0.05, 0) is 55.3 Å². The Kier molecular flexibility index (Phi) is 4.80. The van der Waals surface area contributed by atoms with Crippen LogP contribution in [-0.2, 0) is 6.54 Å². The van der Waals surface area contributed by atoms with Gasteiger partial charge in [-0.1, -0.05) is 23.2 Å². The summed E-state index contributed by atoms with van der Waals surface area (Å²) in [6.45, 7) is 2.92. The fourth-order valence-electron chi connectivity index (χ4n) is 3.31. The van der Waals surface area contributed by atoms with Crippen molar-refractivity contribution in [3.63, 3.8) is 0 Å². The van der Waals surface area contributed by atoms with Gasteiger partial charge in [0.15, 0.2) is 0 Å². The first kappa shape index (κ1) is 17.5. The second kappa shape index (κ2) is 7.39. The summed E-state index contributed by atoms with van der Waals surface area (Å²) in [5.41, 5.74) is 8.72. The predicted molar refractivity (Wildman–Crippen MR) is 101 cm³/mol. The summed E-state index contributed by atoms with van der Waals surface area (Å²) in [4.78, 5) is 4.15. The summed E-state index contributed by atoms with van der Waals surface area (Å²) in [5.74, 6) is 8.48. The van der Waals surface area contributed by atoms with Crippen LogP contribution in [0.2, 0.25) is 0 Å². The molecule has 1 fully saturated rings. The van der Waals surface area contributed by atoms with E-state index in [2.05, 4.69) is 34.1 Å². The molecule has 3 aromatic rings. The molecule has 1 aliphatic rings.